The maximum atomic E-state index is 13.0. The highest BCUT2D eigenvalue weighted by molar-refractivity contribution is 6.02. The fourth-order valence-corrected chi connectivity index (χ4v) is 4.48. The van der Waals surface area contributed by atoms with E-state index in [-0.39, 0.29) is 23.8 Å². The van der Waals surface area contributed by atoms with Crippen molar-refractivity contribution in [3.8, 4) is 0 Å². The summed E-state index contributed by atoms with van der Waals surface area (Å²) in [7, 11) is 3.86. The molecule has 2 aliphatic rings. The van der Waals surface area contributed by atoms with E-state index in [4.69, 9.17) is 0 Å². The number of anilines is 2. The Morgan fingerprint density at radius 1 is 0.967 bits per heavy atom. The van der Waals surface area contributed by atoms with Crippen molar-refractivity contribution in [3.63, 3.8) is 0 Å². The first-order valence-corrected chi connectivity index (χ1v) is 11.0. The Labute approximate surface area is 178 Å². The van der Waals surface area contributed by atoms with E-state index in [0.29, 0.717) is 17.2 Å². The van der Waals surface area contributed by atoms with Gasteiger partial charge in [-0.1, -0.05) is 49.6 Å². The molecule has 1 unspecified atom stereocenters. The topological polar surface area (TPSA) is 61.4 Å². The van der Waals surface area contributed by atoms with Crippen LogP contribution in [0.25, 0.3) is 0 Å². The van der Waals surface area contributed by atoms with Crippen LogP contribution in [-0.2, 0) is 4.79 Å². The molecule has 2 atom stereocenters. The maximum Gasteiger partial charge on any atom is 0.253 e. The average Bonchev–Trinajstić information content (AvgIpc) is 3.56. The van der Waals surface area contributed by atoms with Gasteiger partial charge in [-0.3, -0.25) is 9.59 Å². The van der Waals surface area contributed by atoms with Crippen molar-refractivity contribution >= 4 is 23.2 Å². The van der Waals surface area contributed by atoms with E-state index >= 15 is 0 Å². The largest absolute Gasteiger partial charge is 0.377 e. The molecule has 0 spiro atoms. The molecule has 0 aliphatic heterocycles. The summed E-state index contributed by atoms with van der Waals surface area (Å²) < 4.78 is 0. The van der Waals surface area contributed by atoms with E-state index in [1.54, 1.807) is 0 Å². The van der Waals surface area contributed by atoms with Gasteiger partial charge in [0, 0.05) is 37.4 Å². The van der Waals surface area contributed by atoms with Crippen LogP contribution in [0.1, 0.15) is 60.4 Å². The number of hydrogen-bond acceptors (Lipinski definition) is 3. The lowest BCUT2D eigenvalue weighted by atomic mass is 9.95. The van der Waals surface area contributed by atoms with Crippen molar-refractivity contribution in [3.05, 3.63) is 59.7 Å². The predicted octanol–water partition coefficient (Wildman–Crippen LogP) is 4.56. The third kappa shape index (κ3) is 4.66. The van der Waals surface area contributed by atoms with E-state index in [2.05, 4.69) is 22.8 Å². The summed E-state index contributed by atoms with van der Waals surface area (Å²) >= 11 is 0. The van der Waals surface area contributed by atoms with Gasteiger partial charge in [-0.25, -0.2) is 0 Å². The lowest BCUT2D eigenvalue weighted by molar-refractivity contribution is -0.117. The summed E-state index contributed by atoms with van der Waals surface area (Å²) in [5.41, 5.74) is 3.36. The molecule has 4 rings (SSSR count). The normalized spacial score (nSPS) is 21.0. The van der Waals surface area contributed by atoms with Gasteiger partial charge in [0.25, 0.3) is 5.91 Å². The standard InChI is InChI=1S/C25H31N3O2/c1-28(2)23-14-13-19(15-22(23)25(30)26-18-11-7-4-8-12-18)27-24(29)21-16-20(21)17-9-5-3-6-10-17/h3,5-6,9-10,13-15,18,20-21H,4,7-8,11-12,16H2,1-2H3,(H,26,30)(H,27,29)/t20-,21?/m0/s1. The first kappa shape index (κ1) is 20.5. The van der Waals surface area contributed by atoms with Crippen LogP contribution >= 0.6 is 0 Å². The van der Waals surface area contributed by atoms with Gasteiger partial charge in [0.05, 0.1) is 5.56 Å². The molecule has 0 heterocycles. The summed E-state index contributed by atoms with van der Waals surface area (Å²) in [6.07, 6.45) is 6.56. The third-order valence-corrected chi connectivity index (χ3v) is 6.29. The molecule has 0 bridgehead atoms. The highest BCUT2D eigenvalue weighted by Gasteiger charge is 2.43. The second kappa shape index (κ2) is 8.90. The molecule has 2 saturated carbocycles. The lowest BCUT2D eigenvalue weighted by Gasteiger charge is -2.24. The van der Waals surface area contributed by atoms with E-state index in [9.17, 15) is 9.59 Å². The van der Waals surface area contributed by atoms with Crippen LogP contribution in [0.3, 0.4) is 0 Å². The highest BCUT2D eigenvalue weighted by atomic mass is 16.2. The van der Waals surface area contributed by atoms with Crippen molar-refractivity contribution in [1.82, 2.24) is 5.32 Å². The van der Waals surface area contributed by atoms with Gasteiger partial charge in [-0.15, -0.1) is 0 Å². The molecule has 2 aliphatic carbocycles. The Kier molecular flexibility index (Phi) is 6.07. The molecular formula is C25H31N3O2. The number of carbonyl (C=O) groups excluding carboxylic acids is 2. The SMILES string of the molecule is CN(C)c1ccc(NC(=O)C2C[C@H]2c2ccccc2)cc1C(=O)NC1CCCCC1. The number of nitrogens with zero attached hydrogens (tertiary/aromatic N) is 1. The molecule has 2 N–H and O–H groups in total. The average molecular weight is 406 g/mol. The highest BCUT2D eigenvalue weighted by Crippen LogP contribution is 2.47. The van der Waals surface area contributed by atoms with Gasteiger partial charge in [0.15, 0.2) is 0 Å². The minimum Gasteiger partial charge on any atom is -0.377 e. The van der Waals surface area contributed by atoms with Crippen LogP contribution in [0.4, 0.5) is 11.4 Å². The van der Waals surface area contributed by atoms with Crippen molar-refractivity contribution < 1.29 is 9.59 Å². The third-order valence-electron chi connectivity index (χ3n) is 6.29. The monoisotopic (exact) mass is 405 g/mol. The van der Waals surface area contributed by atoms with Crippen LogP contribution in [0.2, 0.25) is 0 Å². The maximum absolute atomic E-state index is 13.0. The number of amides is 2. The zero-order chi connectivity index (χ0) is 21.1. The Balaban J connectivity index is 1.45. The summed E-state index contributed by atoms with van der Waals surface area (Å²) in [6.45, 7) is 0. The number of rotatable bonds is 6. The molecular weight excluding hydrogens is 374 g/mol. The molecule has 5 nitrogen and oxygen atoms in total. The molecule has 0 saturated heterocycles. The van der Waals surface area contributed by atoms with Gasteiger partial charge >= 0.3 is 0 Å². The Morgan fingerprint density at radius 3 is 2.40 bits per heavy atom. The van der Waals surface area contributed by atoms with Crippen LogP contribution in [0.5, 0.6) is 0 Å². The van der Waals surface area contributed by atoms with Crippen molar-refractivity contribution in [1.29, 1.82) is 0 Å². The quantitative estimate of drug-likeness (QED) is 0.741. The molecule has 0 radical (unpaired) electrons. The van der Waals surface area contributed by atoms with Gasteiger partial charge in [-0.2, -0.15) is 0 Å². The lowest BCUT2D eigenvalue weighted by Crippen LogP contribution is -2.36. The minimum atomic E-state index is -0.0599. The zero-order valence-electron chi connectivity index (χ0n) is 17.9. The minimum absolute atomic E-state index is 0.000408. The second-order valence-corrected chi connectivity index (χ2v) is 8.78. The van der Waals surface area contributed by atoms with Gasteiger partial charge in [0.2, 0.25) is 5.91 Å². The Morgan fingerprint density at radius 2 is 1.70 bits per heavy atom. The second-order valence-electron chi connectivity index (χ2n) is 8.78. The van der Waals surface area contributed by atoms with Crippen molar-refractivity contribution in [2.24, 2.45) is 5.92 Å². The molecule has 30 heavy (non-hydrogen) atoms. The molecule has 2 amide bonds. The number of benzene rings is 2. The number of carbonyl (C=O) groups is 2. The van der Waals surface area contributed by atoms with Crippen LogP contribution in [-0.4, -0.2) is 32.0 Å². The first-order valence-electron chi connectivity index (χ1n) is 11.0. The number of hydrogen-bond donors (Lipinski definition) is 2. The van der Waals surface area contributed by atoms with Crippen molar-refractivity contribution in [2.75, 3.05) is 24.3 Å². The molecule has 2 fully saturated rings. The summed E-state index contributed by atoms with van der Waals surface area (Å²) in [5.74, 6) is 0.261. The van der Waals surface area contributed by atoms with Gasteiger partial charge in [-0.05, 0) is 48.9 Å². The van der Waals surface area contributed by atoms with Gasteiger partial charge < -0.3 is 15.5 Å². The molecule has 2 aromatic carbocycles. The summed E-state index contributed by atoms with van der Waals surface area (Å²) in [5, 5.41) is 6.23. The van der Waals surface area contributed by atoms with Gasteiger partial charge in [0.1, 0.15) is 0 Å². The molecule has 0 aromatic heterocycles. The Bertz CT molecular complexity index is 904. The Hall–Kier alpha value is -2.82. The fourth-order valence-electron chi connectivity index (χ4n) is 4.48. The fraction of sp³-hybridized carbons (Fsp3) is 0.440. The summed E-state index contributed by atoms with van der Waals surface area (Å²) in [6, 6.07) is 16.0. The number of nitrogens with one attached hydrogen (secondary N) is 2. The zero-order valence-corrected chi connectivity index (χ0v) is 17.9. The molecule has 158 valence electrons. The first-order chi connectivity index (χ1) is 14.5. The summed E-state index contributed by atoms with van der Waals surface area (Å²) in [4.78, 5) is 27.7. The van der Waals surface area contributed by atoms with E-state index in [1.807, 2.05) is 55.4 Å². The molecule has 2 aromatic rings. The van der Waals surface area contributed by atoms with Crippen molar-refractivity contribution in [2.45, 2.75) is 50.5 Å². The smallest absolute Gasteiger partial charge is 0.253 e. The van der Waals surface area contributed by atoms with E-state index < -0.39 is 0 Å². The molecule has 5 heteroatoms. The van der Waals surface area contributed by atoms with E-state index in [1.165, 1.54) is 24.8 Å². The van der Waals surface area contributed by atoms with E-state index in [0.717, 1.165) is 24.9 Å². The van der Waals surface area contributed by atoms with Crippen LogP contribution in [0, 0.1) is 5.92 Å². The van der Waals surface area contributed by atoms with Crippen LogP contribution in [0.15, 0.2) is 48.5 Å². The van der Waals surface area contributed by atoms with Crippen LogP contribution < -0.4 is 15.5 Å². The predicted molar refractivity (Wildman–Crippen MR) is 121 cm³/mol.